The molecule has 0 radical (unpaired) electrons. The molecule has 0 spiro atoms. The van der Waals surface area contributed by atoms with Crippen molar-refractivity contribution in [2.24, 2.45) is 5.84 Å². The van der Waals surface area contributed by atoms with Crippen LogP contribution in [0.1, 0.15) is 22.3 Å². The van der Waals surface area contributed by atoms with E-state index in [1.165, 1.54) is 0 Å². The Bertz CT molecular complexity index is 481. The zero-order valence-electron chi connectivity index (χ0n) is 9.81. The third-order valence-corrected chi connectivity index (χ3v) is 3.34. The van der Waals surface area contributed by atoms with Crippen LogP contribution >= 0.6 is 11.3 Å². The second kappa shape index (κ2) is 5.27. The Labute approximate surface area is 104 Å². The van der Waals surface area contributed by atoms with Gasteiger partial charge in [-0.15, -0.1) is 11.3 Å². The zero-order valence-corrected chi connectivity index (χ0v) is 10.6. The van der Waals surface area contributed by atoms with Crippen LogP contribution in [0.3, 0.4) is 0 Å². The molecule has 0 aliphatic heterocycles. The smallest absolute Gasteiger partial charge is 0.118 e. The number of rotatable bonds is 4. The molecule has 0 aliphatic carbocycles. The van der Waals surface area contributed by atoms with Gasteiger partial charge < -0.3 is 4.74 Å². The van der Waals surface area contributed by atoms with Gasteiger partial charge in [-0.3, -0.25) is 5.84 Å². The number of thiazole rings is 1. The standard InChI is InChI=1S/C12H15N3OS/c1-8-14-11(7-17-8)12(15-13)9-3-5-10(16-2)6-4-9/h3-7,12,15H,13H2,1-2H3. The van der Waals surface area contributed by atoms with Crippen molar-refractivity contribution < 1.29 is 4.74 Å². The molecular formula is C12H15N3OS. The molecule has 0 saturated heterocycles. The van der Waals surface area contributed by atoms with Crippen molar-refractivity contribution in [3.8, 4) is 5.75 Å². The number of aryl methyl sites for hydroxylation is 1. The highest BCUT2D eigenvalue weighted by molar-refractivity contribution is 7.09. The maximum Gasteiger partial charge on any atom is 0.118 e. The molecule has 17 heavy (non-hydrogen) atoms. The summed E-state index contributed by atoms with van der Waals surface area (Å²) in [6.45, 7) is 1.98. The van der Waals surface area contributed by atoms with Crippen LogP contribution in [0.4, 0.5) is 0 Å². The number of hydrogen-bond acceptors (Lipinski definition) is 5. The number of aromatic nitrogens is 1. The highest BCUT2D eigenvalue weighted by atomic mass is 32.1. The van der Waals surface area contributed by atoms with E-state index in [0.717, 1.165) is 22.0 Å². The lowest BCUT2D eigenvalue weighted by molar-refractivity contribution is 0.414. The third kappa shape index (κ3) is 2.63. The Hall–Kier alpha value is -1.43. The topological polar surface area (TPSA) is 60.2 Å². The van der Waals surface area contributed by atoms with Gasteiger partial charge in [0, 0.05) is 5.38 Å². The van der Waals surface area contributed by atoms with Gasteiger partial charge in [0.05, 0.1) is 23.9 Å². The minimum absolute atomic E-state index is 0.0779. The Kier molecular flexibility index (Phi) is 3.73. The summed E-state index contributed by atoms with van der Waals surface area (Å²) in [6, 6.07) is 7.72. The van der Waals surface area contributed by atoms with E-state index in [-0.39, 0.29) is 6.04 Å². The Morgan fingerprint density at radius 1 is 1.35 bits per heavy atom. The van der Waals surface area contributed by atoms with Gasteiger partial charge in [0.25, 0.3) is 0 Å². The van der Waals surface area contributed by atoms with Crippen LogP contribution in [0.15, 0.2) is 29.6 Å². The van der Waals surface area contributed by atoms with Gasteiger partial charge in [0.2, 0.25) is 0 Å². The normalized spacial score (nSPS) is 12.4. The first-order valence-electron chi connectivity index (χ1n) is 5.26. The minimum atomic E-state index is -0.0779. The highest BCUT2D eigenvalue weighted by Gasteiger charge is 2.15. The van der Waals surface area contributed by atoms with E-state index in [1.54, 1.807) is 18.4 Å². The maximum atomic E-state index is 5.60. The van der Waals surface area contributed by atoms with E-state index in [0.29, 0.717) is 0 Å². The lowest BCUT2D eigenvalue weighted by Gasteiger charge is -2.14. The van der Waals surface area contributed by atoms with Crippen molar-refractivity contribution in [1.82, 2.24) is 10.4 Å². The van der Waals surface area contributed by atoms with Crippen LogP contribution in [0.2, 0.25) is 0 Å². The fraction of sp³-hybridized carbons (Fsp3) is 0.250. The summed E-state index contributed by atoms with van der Waals surface area (Å²) in [7, 11) is 1.65. The van der Waals surface area contributed by atoms with Gasteiger partial charge in [-0.1, -0.05) is 12.1 Å². The quantitative estimate of drug-likeness (QED) is 0.643. The molecule has 4 nitrogen and oxygen atoms in total. The van der Waals surface area contributed by atoms with Crippen LogP contribution in [0.25, 0.3) is 0 Å². The van der Waals surface area contributed by atoms with E-state index in [4.69, 9.17) is 10.6 Å². The van der Waals surface area contributed by atoms with Crippen LogP contribution in [0.5, 0.6) is 5.75 Å². The summed E-state index contributed by atoms with van der Waals surface area (Å²) in [5, 5.41) is 3.05. The molecule has 0 amide bonds. The molecule has 2 rings (SSSR count). The summed E-state index contributed by atoms with van der Waals surface area (Å²) in [6.07, 6.45) is 0. The van der Waals surface area contributed by atoms with Crippen LogP contribution in [0, 0.1) is 6.92 Å². The molecule has 0 fully saturated rings. The first-order valence-corrected chi connectivity index (χ1v) is 6.14. The molecule has 90 valence electrons. The molecule has 1 heterocycles. The van der Waals surface area contributed by atoms with Crippen molar-refractivity contribution in [2.75, 3.05) is 7.11 Å². The lowest BCUT2D eigenvalue weighted by Crippen LogP contribution is -2.29. The summed E-state index contributed by atoms with van der Waals surface area (Å²) < 4.78 is 5.13. The number of hydrazine groups is 1. The zero-order chi connectivity index (χ0) is 12.3. The number of nitrogens with two attached hydrogens (primary N) is 1. The average Bonchev–Trinajstić information content (AvgIpc) is 2.78. The molecule has 1 unspecified atom stereocenters. The van der Waals surface area contributed by atoms with E-state index in [2.05, 4.69) is 10.4 Å². The predicted molar refractivity (Wildman–Crippen MR) is 69.0 cm³/mol. The first-order chi connectivity index (χ1) is 8.24. The van der Waals surface area contributed by atoms with Crippen molar-refractivity contribution in [3.63, 3.8) is 0 Å². The van der Waals surface area contributed by atoms with Crippen molar-refractivity contribution >= 4 is 11.3 Å². The van der Waals surface area contributed by atoms with Gasteiger partial charge in [-0.2, -0.15) is 0 Å². The fourth-order valence-corrected chi connectivity index (χ4v) is 2.30. The summed E-state index contributed by atoms with van der Waals surface area (Å²) in [5.41, 5.74) is 4.80. The van der Waals surface area contributed by atoms with Gasteiger partial charge in [-0.25, -0.2) is 10.4 Å². The fourth-order valence-electron chi connectivity index (χ4n) is 1.66. The molecule has 1 aromatic carbocycles. The monoisotopic (exact) mass is 249 g/mol. The average molecular weight is 249 g/mol. The summed E-state index contributed by atoms with van der Waals surface area (Å²) in [5.74, 6) is 6.43. The number of benzene rings is 1. The molecule has 5 heteroatoms. The van der Waals surface area contributed by atoms with E-state index < -0.39 is 0 Å². The summed E-state index contributed by atoms with van der Waals surface area (Å²) in [4.78, 5) is 4.45. The Morgan fingerprint density at radius 2 is 2.06 bits per heavy atom. The van der Waals surface area contributed by atoms with E-state index >= 15 is 0 Å². The Morgan fingerprint density at radius 3 is 2.53 bits per heavy atom. The molecule has 1 aromatic heterocycles. The lowest BCUT2D eigenvalue weighted by atomic mass is 10.1. The van der Waals surface area contributed by atoms with Crippen LogP contribution in [-0.4, -0.2) is 12.1 Å². The van der Waals surface area contributed by atoms with Gasteiger partial charge in [0.1, 0.15) is 5.75 Å². The van der Waals surface area contributed by atoms with Crippen LogP contribution in [-0.2, 0) is 0 Å². The molecule has 0 bridgehead atoms. The van der Waals surface area contributed by atoms with Crippen molar-refractivity contribution in [1.29, 1.82) is 0 Å². The second-order valence-corrected chi connectivity index (χ2v) is 4.73. The van der Waals surface area contributed by atoms with E-state index in [1.807, 2.05) is 36.6 Å². The number of ether oxygens (including phenoxy) is 1. The molecular weight excluding hydrogens is 234 g/mol. The number of nitrogens with one attached hydrogen (secondary N) is 1. The molecule has 1 atom stereocenters. The summed E-state index contributed by atoms with van der Waals surface area (Å²) >= 11 is 1.62. The third-order valence-electron chi connectivity index (χ3n) is 2.55. The number of nitrogens with zero attached hydrogens (tertiary/aromatic N) is 1. The van der Waals surface area contributed by atoms with Crippen LogP contribution < -0.4 is 16.0 Å². The second-order valence-electron chi connectivity index (χ2n) is 3.66. The molecule has 0 saturated carbocycles. The maximum absolute atomic E-state index is 5.60. The van der Waals surface area contributed by atoms with Gasteiger partial charge in [0.15, 0.2) is 0 Å². The van der Waals surface area contributed by atoms with Gasteiger partial charge >= 0.3 is 0 Å². The van der Waals surface area contributed by atoms with Crippen molar-refractivity contribution in [2.45, 2.75) is 13.0 Å². The molecule has 3 N–H and O–H groups in total. The highest BCUT2D eigenvalue weighted by Crippen LogP contribution is 2.24. The van der Waals surface area contributed by atoms with Gasteiger partial charge in [-0.05, 0) is 24.6 Å². The number of methoxy groups -OCH3 is 1. The molecule has 0 aliphatic rings. The minimum Gasteiger partial charge on any atom is -0.497 e. The Balaban J connectivity index is 2.28. The number of hydrogen-bond donors (Lipinski definition) is 2. The largest absolute Gasteiger partial charge is 0.497 e. The van der Waals surface area contributed by atoms with Crippen molar-refractivity contribution in [3.05, 3.63) is 45.9 Å². The SMILES string of the molecule is COc1ccc(C(NN)c2csc(C)n2)cc1. The predicted octanol–water partition coefficient (Wildman–Crippen LogP) is 2.01. The molecule has 2 aromatic rings. The first kappa shape index (κ1) is 12.0. The van der Waals surface area contributed by atoms with E-state index in [9.17, 15) is 0 Å².